The van der Waals surface area contributed by atoms with Gasteiger partial charge in [0.25, 0.3) is 0 Å². The van der Waals surface area contributed by atoms with E-state index in [-0.39, 0.29) is 11.6 Å². The zero-order valence-electron chi connectivity index (χ0n) is 17.4. The molecule has 1 aliphatic heterocycles. The van der Waals surface area contributed by atoms with Crippen LogP contribution in [0.3, 0.4) is 0 Å². The van der Waals surface area contributed by atoms with Crippen LogP contribution in [0, 0.1) is 6.92 Å². The van der Waals surface area contributed by atoms with Gasteiger partial charge < -0.3 is 10.2 Å². The van der Waals surface area contributed by atoms with Crippen molar-refractivity contribution in [3.63, 3.8) is 0 Å². The predicted molar refractivity (Wildman–Crippen MR) is 118 cm³/mol. The quantitative estimate of drug-likeness (QED) is 0.563. The number of carbonyl (C=O) groups is 1. The van der Waals surface area contributed by atoms with Crippen LogP contribution < -0.4 is 15.6 Å². The number of hydrogen-bond acceptors (Lipinski definition) is 3. The van der Waals surface area contributed by atoms with Crippen molar-refractivity contribution in [3.05, 3.63) is 59.2 Å². The topological polar surface area (TPSA) is 56.7 Å². The molecule has 2 N–H and O–H groups in total. The smallest absolute Gasteiger partial charge is 0.339 e. The summed E-state index contributed by atoms with van der Waals surface area (Å²) < 4.78 is 0. The lowest BCUT2D eigenvalue weighted by molar-refractivity contribution is 0.252. The van der Waals surface area contributed by atoms with Gasteiger partial charge in [-0.2, -0.15) is 5.10 Å². The van der Waals surface area contributed by atoms with Crippen molar-refractivity contribution in [2.24, 2.45) is 5.10 Å². The van der Waals surface area contributed by atoms with Gasteiger partial charge in [-0.3, -0.25) is 0 Å². The first-order valence-corrected chi connectivity index (χ1v) is 9.89. The average molecular weight is 379 g/mol. The number of aryl methyl sites for hydroxylation is 1. The van der Waals surface area contributed by atoms with Crippen molar-refractivity contribution in [1.29, 1.82) is 0 Å². The van der Waals surface area contributed by atoms with Gasteiger partial charge in [0.1, 0.15) is 0 Å². The molecule has 5 heteroatoms. The molecule has 0 aliphatic carbocycles. The summed E-state index contributed by atoms with van der Waals surface area (Å²) in [6, 6.07) is 13.4. The van der Waals surface area contributed by atoms with Gasteiger partial charge in [0, 0.05) is 23.5 Å². The molecule has 2 aromatic carbocycles. The maximum absolute atomic E-state index is 12.0. The first-order chi connectivity index (χ1) is 13.3. The van der Waals surface area contributed by atoms with E-state index in [1.165, 1.54) is 11.3 Å². The van der Waals surface area contributed by atoms with E-state index in [9.17, 15) is 4.79 Å². The minimum Gasteiger partial charge on any atom is -0.366 e. The second-order valence-electron chi connectivity index (χ2n) is 8.12. The van der Waals surface area contributed by atoms with E-state index in [2.05, 4.69) is 67.5 Å². The Labute approximate surface area is 167 Å². The zero-order chi connectivity index (χ0) is 20.3. The first kappa shape index (κ1) is 19.9. The summed E-state index contributed by atoms with van der Waals surface area (Å²) in [5.41, 5.74) is 8.27. The summed E-state index contributed by atoms with van der Waals surface area (Å²) in [5.74, 6) is 0.481. The molecule has 1 aliphatic rings. The number of urea groups is 1. The second-order valence-corrected chi connectivity index (χ2v) is 8.12. The number of benzene rings is 2. The fourth-order valence-corrected chi connectivity index (χ4v) is 4.23. The van der Waals surface area contributed by atoms with E-state index in [0.717, 1.165) is 29.8 Å². The highest BCUT2D eigenvalue weighted by Gasteiger charge is 2.35. The van der Waals surface area contributed by atoms with Gasteiger partial charge in [-0.25, -0.2) is 10.2 Å². The lowest BCUT2D eigenvalue weighted by Crippen LogP contribution is -2.48. The number of nitrogens with one attached hydrogen (secondary N) is 2. The van der Waals surface area contributed by atoms with E-state index >= 15 is 0 Å². The van der Waals surface area contributed by atoms with Gasteiger partial charge >= 0.3 is 6.03 Å². The van der Waals surface area contributed by atoms with Crippen LogP contribution in [0.25, 0.3) is 0 Å². The predicted octanol–water partition coefficient (Wildman–Crippen LogP) is 5.26. The Morgan fingerprint density at radius 2 is 2.00 bits per heavy atom. The van der Waals surface area contributed by atoms with Crippen LogP contribution in [0.5, 0.6) is 0 Å². The number of nitrogens with zero attached hydrogens (tertiary/aromatic N) is 2. The largest absolute Gasteiger partial charge is 0.366 e. The highest BCUT2D eigenvalue weighted by molar-refractivity contribution is 5.91. The highest BCUT2D eigenvalue weighted by Crippen LogP contribution is 2.43. The molecule has 0 radical (unpaired) electrons. The van der Waals surface area contributed by atoms with Crippen LogP contribution >= 0.6 is 0 Å². The van der Waals surface area contributed by atoms with Crippen molar-refractivity contribution in [3.8, 4) is 0 Å². The van der Waals surface area contributed by atoms with Gasteiger partial charge in [-0.1, -0.05) is 25.1 Å². The Bertz CT molecular complexity index is 874. The van der Waals surface area contributed by atoms with Gasteiger partial charge in [0.05, 0.1) is 6.21 Å². The van der Waals surface area contributed by atoms with Gasteiger partial charge in [-0.15, -0.1) is 0 Å². The molecule has 0 aromatic heterocycles. The third-order valence-electron chi connectivity index (χ3n) is 5.49. The average Bonchev–Trinajstić information content (AvgIpc) is 2.63. The Balaban J connectivity index is 1.76. The SMILES string of the molecule is CCN1c2cc(C)c(/C=N\NC(=O)Nc3ccccc3)cc2C(C)CC1(C)C. The molecule has 0 bridgehead atoms. The van der Waals surface area contributed by atoms with Gasteiger partial charge in [-0.05, 0) is 81.0 Å². The molecule has 0 saturated carbocycles. The molecule has 3 rings (SSSR count). The lowest BCUT2D eigenvalue weighted by atomic mass is 9.79. The Hall–Kier alpha value is -2.82. The number of hydrazone groups is 1. The maximum atomic E-state index is 12.0. The molecule has 0 fully saturated rings. The fraction of sp³-hybridized carbons (Fsp3) is 0.391. The summed E-state index contributed by atoms with van der Waals surface area (Å²) in [7, 11) is 0. The molecular formula is C23H30N4O. The summed E-state index contributed by atoms with van der Waals surface area (Å²) in [5, 5.41) is 6.89. The Morgan fingerprint density at radius 3 is 2.68 bits per heavy atom. The Kier molecular flexibility index (Phi) is 5.73. The third-order valence-corrected chi connectivity index (χ3v) is 5.49. The molecule has 1 atom stereocenters. The molecule has 0 spiro atoms. The standard InChI is InChI=1S/C23H30N4O/c1-6-27-21-12-16(2)18(13-20(21)17(3)14-23(27,4)5)15-24-26-22(28)25-19-10-8-7-9-11-19/h7-13,15,17H,6,14H2,1-5H3,(H2,25,26,28)/b24-15-. The van der Waals surface area contributed by atoms with E-state index < -0.39 is 0 Å². The van der Waals surface area contributed by atoms with Crippen LogP contribution in [-0.2, 0) is 0 Å². The van der Waals surface area contributed by atoms with Crippen LogP contribution in [0.4, 0.5) is 16.2 Å². The fourth-order valence-electron chi connectivity index (χ4n) is 4.23. The first-order valence-electron chi connectivity index (χ1n) is 9.89. The zero-order valence-corrected chi connectivity index (χ0v) is 17.4. The number of hydrogen-bond donors (Lipinski definition) is 2. The second kappa shape index (κ2) is 8.05. The van der Waals surface area contributed by atoms with Crippen molar-refractivity contribution in [1.82, 2.24) is 5.43 Å². The van der Waals surface area contributed by atoms with Crippen molar-refractivity contribution < 1.29 is 4.79 Å². The highest BCUT2D eigenvalue weighted by atomic mass is 16.2. The molecule has 28 heavy (non-hydrogen) atoms. The minimum atomic E-state index is -0.356. The summed E-state index contributed by atoms with van der Waals surface area (Å²) >= 11 is 0. The Morgan fingerprint density at radius 1 is 1.29 bits per heavy atom. The molecule has 5 nitrogen and oxygen atoms in total. The summed E-state index contributed by atoms with van der Waals surface area (Å²) in [4.78, 5) is 14.5. The molecule has 148 valence electrons. The molecular weight excluding hydrogens is 348 g/mol. The van der Waals surface area contributed by atoms with Crippen LogP contribution in [0.2, 0.25) is 0 Å². The van der Waals surface area contributed by atoms with E-state index in [0.29, 0.717) is 5.92 Å². The minimum absolute atomic E-state index is 0.153. The molecule has 1 unspecified atom stereocenters. The molecule has 1 heterocycles. The number of anilines is 2. The third kappa shape index (κ3) is 4.19. The molecule has 0 saturated heterocycles. The van der Waals surface area contributed by atoms with E-state index in [1.54, 1.807) is 6.21 Å². The summed E-state index contributed by atoms with van der Waals surface area (Å²) in [6.45, 7) is 12.2. The lowest BCUT2D eigenvalue weighted by Gasteiger charge is -2.47. The van der Waals surface area contributed by atoms with Crippen LogP contribution in [-0.4, -0.2) is 24.3 Å². The molecule has 2 aromatic rings. The van der Waals surface area contributed by atoms with Crippen LogP contribution in [0.1, 0.15) is 56.7 Å². The van der Waals surface area contributed by atoms with E-state index in [1.807, 2.05) is 30.3 Å². The van der Waals surface area contributed by atoms with E-state index in [4.69, 9.17) is 0 Å². The number of rotatable bonds is 4. The van der Waals surface area contributed by atoms with Crippen molar-refractivity contribution >= 4 is 23.6 Å². The number of amides is 2. The van der Waals surface area contributed by atoms with Crippen molar-refractivity contribution in [2.45, 2.75) is 52.5 Å². The number of fused-ring (bicyclic) bond motifs is 1. The molecule has 2 amide bonds. The number of para-hydroxylation sites is 1. The normalized spacial score (nSPS) is 18.0. The maximum Gasteiger partial charge on any atom is 0.339 e. The van der Waals surface area contributed by atoms with Crippen LogP contribution in [0.15, 0.2) is 47.6 Å². The summed E-state index contributed by atoms with van der Waals surface area (Å²) in [6.07, 6.45) is 2.84. The van der Waals surface area contributed by atoms with Crippen molar-refractivity contribution in [2.75, 3.05) is 16.8 Å². The van der Waals surface area contributed by atoms with Gasteiger partial charge in [0.2, 0.25) is 0 Å². The number of carbonyl (C=O) groups excluding carboxylic acids is 1. The monoisotopic (exact) mass is 378 g/mol. The van der Waals surface area contributed by atoms with Gasteiger partial charge in [0.15, 0.2) is 0 Å².